The Morgan fingerprint density at radius 1 is 0.761 bits per heavy atom. The lowest BCUT2D eigenvalue weighted by molar-refractivity contribution is -0.139. The van der Waals surface area contributed by atoms with Crippen LogP contribution in [0, 0.1) is 0 Å². The van der Waals surface area contributed by atoms with Gasteiger partial charge in [0.1, 0.15) is 24.1 Å². The Kier molecular flexibility index (Phi) is 10.3. The lowest BCUT2D eigenvalue weighted by atomic mass is 10.0. The number of phenolic OH excluding ortho intramolecular Hbond substituents is 1. The first-order valence-corrected chi connectivity index (χ1v) is 14.9. The summed E-state index contributed by atoms with van der Waals surface area (Å²) in [6, 6.07) is 32.3. The molecule has 0 radical (unpaired) electrons. The summed E-state index contributed by atoms with van der Waals surface area (Å²) in [4.78, 5) is 38.3. The topological polar surface area (TPSA) is 151 Å². The maximum Gasteiger partial charge on any atom is 0.326 e. The lowest BCUT2D eigenvalue weighted by Crippen LogP contribution is -2.41. The van der Waals surface area contributed by atoms with E-state index in [1.165, 1.54) is 30.3 Å². The number of carbonyl (C=O) groups excluding carboxylic acids is 2. The van der Waals surface area contributed by atoms with Crippen LogP contribution in [0.2, 0.25) is 0 Å². The van der Waals surface area contributed by atoms with Gasteiger partial charge in [-0.05, 0) is 83.1 Å². The Morgan fingerprint density at radius 2 is 1.46 bits per heavy atom. The van der Waals surface area contributed by atoms with Crippen molar-refractivity contribution < 1.29 is 29.3 Å². The van der Waals surface area contributed by atoms with E-state index in [0.29, 0.717) is 12.1 Å². The average molecular weight is 618 g/mol. The third kappa shape index (κ3) is 8.49. The van der Waals surface area contributed by atoms with Gasteiger partial charge in [-0.3, -0.25) is 9.59 Å². The van der Waals surface area contributed by atoms with Crippen molar-refractivity contribution in [3.05, 3.63) is 138 Å². The van der Waals surface area contributed by atoms with Crippen LogP contribution in [0.5, 0.6) is 11.5 Å². The summed E-state index contributed by atoms with van der Waals surface area (Å²) in [7, 11) is 0. The number of nitrogens with two attached hydrogens (primary N) is 1. The summed E-state index contributed by atoms with van der Waals surface area (Å²) < 4.78 is 6.15. The van der Waals surface area contributed by atoms with Gasteiger partial charge in [0.25, 0.3) is 5.91 Å². The molecular weight excluding hydrogens is 582 g/mol. The standard InChI is InChI=1S/C37H35N3O6/c38-31(21-25-11-16-30(41)17-12-25)36(43)39-32-19-15-29(35(42)40-33(37(44)45)18-13-24-6-2-1-3-7-24)22-34(32)46-23-26-10-14-27-8-4-5-9-28(27)20-26/h1-12,14-17,19-20,22,31,33,41H,13,18,21,23,38H2,(H,39,43)(H,40,42)(H,44,45)/t31-,33-/m0/s1. The number of aliphatic carboxylic acids is 1. The number of anilines is 1. The van der Waals surface area contributed by atoms with Gasteiger partial charge in [0.15, 0.2) is 0 Å². The number of fused-ring (bicyclic) bond motifs is 1. The monoisotopic (exact) mass is 617 g/mol. The molecule has 0 fully saturated rings. The van der Waals surface area contributed by atoms with Crippen LogP contribution >= 0.6 is 0 Å². The van der Waals surface area contributed by atoms with Gasteiger partial charge < -0.3 is 31.3 Å². The normalized spacial score (nSPS) is 12.2. The lowest BCUT2D eigenvalue weighted by Gasteiger charge is -2.18. The Labute approximate surface area is 266 Å². The Morgan fingerprint density at radius 3 is 2.20 bits per heavy atom. The fraction of sp³-hybridized carbons (Fsp3) is 0.162. The molecule has 0 aliphatic carbocycles. The molecule has 2 atom stereocenters. The molecule has 5 aromatic carbocycles. The zero-order valence-electron chi connectivity index (χ0n) is 25.1. The Balaban J connectivity index is 1.34. The van der Waals surface area contributed by atoms with Crippen molar-refractivity contribution in [1.82, 2.24) is 5.32 Å². The highest BCUT2D eigenvalue weighted by Gasteiger charge is 2.22. The van der Waals surface area contributed by atoms with Crippen molar-refractivity contribution in [2.75, 3.05) is 5.32 Å². The summed E-state index contributed by atoms with van der Waals surface area (Å²) in [5.41, 5.74) is 9.30. The molecule has 9 nitrogen and oxygen atoms in total. The van der Waals surface area contributed by atoms with E-state index in [9.17, 15) is 24.6 Å². The maximum atomic E-state index is 13.3. The van der Waals surface area contributed by atoms with E-state index in [1.807, 2.05) is 72.8 Å². The number of amides is 2. The van der Waals surface area contributed by atoms with Crippen molar-refractivity contribution >= 4 is 34.2 Å². The first-order valence-electron chi connectivity index (χ1n) is 14.9. The Bertz CT molecular complexity index is 1830. The van der Waals surface area contributed by atoms with E-state index < -0.39 is 29.9 Å². The molecule has 0 bridgehead atoms. The van der Waals surface area contributed by atoms with Gasteiger partial charge in [0.2, 0.25) is 5.91 Å². The minimum Gasteiger partial charge on any atom is -0.508 e. The van der Waals surface area contributed by atoms with Gasteiger partial charge in [-0.2, -0.15) is 0 Å². The molecule has 9 heteroatoms. The molecule has 0 heterocycles. The quantitative estimate of drug-likeness (QED) is 0.118. The molecule has 234 valence electrons. The fourth-order valence-corrected chi connectivity index (χ4v) is 5.03. The van der Waals surface area contributed by atoms with E-state index in [4.69, 9.17) is 10.5 Å². The van der Waals surface area contributed by atoms with E-state index in [2.05, 4.69) is 10.6 Å². The molecule has 2 amide bonds. The molecule has 0 aliphatic rings. The van der Waals surface area contributed by atoms with Gasteiger partial charge in [-0.1, -0.05) is 78.9 Å². The zero-order valence-corrected chi connectivity index (χ0v) is 25.1. The van der Waals surface area contributed by atoms with E-state index in [-0.39, 0.29) is 36.5 Å². The Hall–Kier alpha value is -5.67. The highest BCUT2D eigenvalue weighted by atomic mass is 16.5. The van der Waals surface area contributed by atoms with E-state index in [1.54, 1.807) is 12.1 Å². The number of nitrogens with one attached hydrogen (secondary N) is 2. The second-order valence-corrected chi connectivity index (χ2v) is 11.0. The largest absolute Gasteiger partial charge is 0.508 e. The third-order valence-electron chi connectivity index (χ3n) is 7.61. The first-order chi connectivity index (χ1) is 22.2. The number of aromatic hydroxyl groups is 1. The first kappa shape index (κ1) is 31.7. The number of rotatable bonds is 13. The molecule has 0 saturated carbocycles. The second-order valence-electron chi connectivity index (χ2n) is 11.0. The molecule has 0 saturated heterocycles. The van der Waals surface area contributed by atoms with Gasteiger partial charge >= 0.3 is 5.97 Å². The van der Waals surface area contributed by atoms with Crippen molar-refractivity contribution in [3.63, 3.8) is 0 Å². The zero-order chi connectivity index (χ0) is 32.5. The number of carbonyl (C=O) groups is 3. The summed E-state index contributed by atoms with van der Waals surface area (Å²) in [5.74, 6) is -1.85. The molecule has 5 aromatic rings. The SMILES string of the molecule is N[C@@H](Cc1ccc(O)cc1)C(=O)Nc1ccc(C(=O)N[C@@H](CCc2ccccc2)C(=O)O)cc1OCc1ccc2ccccc2c1. The second kappa shape index (κ2) is 14.9. The smallest absolute Gasteiger partial charge is 0.326 e. The highest BCUT2D eigenvalue weighted by molar-refractivity contribution is 6.00. The molecule has 0 unspecified atom stereocenters. The van der Waals surface area contributed by atoms with Gasteiger partial charge in [-0.25, -0.2) is 4.79 Å². The van der Waals surface area contributed by atoms with Crippen molar-refractivity contribution in [2.45, 2.75) is 38.0 Å². The van der Waals surface area contributed by atoms with Gasteiger partial charge in [-0.15, -0.1) is 0 Å². The van der Waals surface area contributed by atoms with Crippen molar-refractivity contribution in [1.29, 1.82) is 0 Å². The number of benzene rings is 5. The predicted molar refractivity (Wildman–Crippen MR) is 177 cm³/mol. The summed E-state index contributed by atoms with van der Waals surface area (Å²) in [6.07, 6.45) is 0.927. The van der Waals surface area contributed by atoms with Crippen LogP contribution in [0.25, 0.3) is 10.8 Å². The van der Waals surface area contributed by atoms with Crippen LogP contribution in [0.1, 0.15) is 33.5 Å². The van der Waals surface area contributed by atoms with Crippen molar-refractivity contribution in [2.24, 2.45) is 5.73 Å². The molecule has 0 aromatic heterocycles. The number of phenols is 1. The summed E-state index contributed by atoms with van der Waals surface area (Å²) in [6.45, 7) is 0.146. The molecule has 0 spiro atoms. The van der Waals surface area contributed by atoms with Crippen LogP contribution in [-0.2, 0) is 29.0 Å². The average Bonchev–Trinajstić information content (AvgIpc) is 3.07. The molecule has 6 N–H and O–H groups in total. The van der Waals surface area contributed by atoms with Crippen LogP contribution in [-0.4, -0.2) is 40.1 Å². The summed E-state index contributed by atoms with van der Waals surface area (Å²) in [5, 5.41) is 26.9. The highest BCUT2D eigenvalue weighted by Crippen LogP contribution is 2.28. The minimum absolute atomic E-state index is 0.116. The minimum atomic E-state index is -1.14. The van der Waals surface area contributed by atoms with Gasteiger partial charge in [0.05, 0.1) is 11.7 Å². The number of carboxylic acids is 1. The number of hydrogen-bond acceptors (Lipinski definition) is 6. The molecule has 5 rings (SSSR count). The van der Waals surface area contributed by atoms with Crippen LogP contribution in [0.15, 0.2) is 115 Å². The predicted octanol–water partition coefficient (Wildman–Crippen LogP) is 5.45. The maximum absolute atomic E-state index is 13.3. The number of carboxylic acid groups (broad SMARTS) is 1. The van der Waals surface area contributed by atoms with Crippen LogP contribution in [0.4, 0.5) is 5.69 Å². The van der Waals surface area contributed by atoms with Gasteiger partial charge in [0, 0.05) is 5.56 Å². The summed E-state index contributed by atoms with van der Waals surface area (Å²) >= 11 is 0. The molecule has 0 aliphatic heterocycles. The molecular formula is C37H35N3O6. The van der Waals surface area contributed by atoms with Crippen LogP contribution < -0.4 is 21.1 Å². The number of hydrogen-bond donors (Lipinski definition) is 5. The third-order valence-corrected chi connectivity index (χ3v) is 7.61. The van der Waals surface area contributed by atoms with E-state index >= 15 is 0 Å². The fourth-order valence-electron chi connectivity index (χ4n) is 5.03. The number of ether oxygens (including phenoxy) is 1. The number of aryl methyl sites for hydroxylation is 1. The van der Waals surface area contributed by atoms with Crippen molar-refractivity contribution in [3.8, 4) is 11.5 Å². The van der Waals surface area contributed by atoms with E-state index in [0.717, 1.165) is 27.5 Å². The van der Waals surface area contributed by atoms with Crippen LogP contribution in [0.3, 0.4) is 0 Å². The molecule has 46 heavy (non-hydrogen) atoms.